The maximum atomic E-state index is 12.0. The van der Waals surface area contributed by atoms with Gasteiger partial charge in [-0.1, -0.05) is 15.9 Å². The number of aryl methyl sites for hydroxylation is 1. The molecule has 6 heteroatoms. The Labute approximate surface area is 126 Å². The van der Waals surface area contributed by atoms with Crippen LogP contribution in [0.25, 0.3) is 0 Å². The average molecular weight is 340 g/mol. The summed E-state index contributed by atoms with van der Waals surface area (Å²) in [5.74, 6) is -0.393. The molecule has 0 atom stereocenters. The maximum absolute atomic E-state index is 12.0. The number of halogens is 1. The predicted molar refractivity (Wildman–Crippen MR) is 81.3 cm³/mol. The van der Waals surface area contributed by atoms with E-state index in [0.29, 0.717) is 12.8 Å². The summed E-state index contributed by atoms with van der Waals surface area (Å²) in [7, 11) is 1.60. The molecule has 1 aliphatic rings. The number of likely N-dealkylation sites (N-methyl/N-ethyl adjacent to an activating group) is 1. The van der Waals surface area contributed by atoms with Crippen LogP contribution in [-0.2, 0) is 9.59 Å². The second kappa shape index (κ2) is 5.54. The number of amides is 2. The Morgan fingerprint density at radius 3 is 2.65 bits per heavy atom. The zero-order valence-corrected chi connectivity index (χ0v) is 13.2. The van der Waals surface area contributed by atoms with Crippen molar-refractivity contribution in [1.29, 1.82) is 0 Å². The molecule has 3 N–H and O–H groups in total. The summed E-state index contributed by atoms with van der Waals surface area (Å²) in [6, 6.07) is 5.60. The van der Waals surface area contributed by atoms with Gasteiger partial charge in [-0.25, -0.2) is 0 Å². The lowest BCUT2D eigenvalue weighted by atomic mass is 10.2. The highest BCUT2D eigenvalue weighted by atomic mass is 79.9. The Bertz CT molecular complexity index is 555. The SMILES string of the molecule is Cc1cc(Br)ccc1NC(=O)CN(C)C(=O)C1(N)CC1. The van der Waals surface area contributed by atoms with Gasteiger partial charge in [-0.15, -0.1) is 0 Å². The van der Waals surface area contributed by atoms with E-state index in [1.54, 1.807) is 7.05 Å². The number of benzene rings is 1. The summed E-state index contributed by atoms with van der Waals surface area (Å²) < 4.78 is 0.958. The normalized spacial score (nSPS) is 15.6. The second-order valence-electron chi connectivity index (χ2n) is 5.32. The third-order valence-electron chi connectivity index (χ3n) is 3.40. The molecule has 0 unspecified atom stereocenters. The summed E-state index contributed by atoms with van der Waals surface area (Å²) in [4.78, 5) is 25.3. The molecule has 0 spiro atoms. The molecule has 1 aromatic carbocycles. The van der Waals surface area contributed by atoms with Crippen LogP contribution < -0.4 is 11.1 Å². The van der Waals surface area contributed by atoms with Crippen molar-refractivity contribution in [2.24, 2.45) is 5.73 Å². The van der Waals surface area contributed by atoms with Gasteiger partial charge >= 0.3 is 0 Å². The van der Waals surface area contributed by atoms with Crippen molar-refractivity contribution in [2.75, 3.05) is 18.9 Å². The number of carbonyl (C=O) groups is 2. The standard InChI is InChI=1S/C14H18BrN3O2/c1-9-7-10(15)3-4-11(9)17-12(19)8-18(2)13(20)14(16)5-6-14/h3-4,7H,5-6,8,16H2,1-2H3,(H,17,19). The van der Waals surface area contributed by atoms with Crippen LogP contribution >= 0.6 is 15.9 Å². The van der Waals surface area contributed by atoms with E-state index in [0.717, 1.165) is 15.7 Å². The Hall–Kier alpha value is -1.40. The second-order valence-corrected chi connectivity index (χ2v) is 6.24. The van der Waals surface area contributed by atoms with Crippen molar-refractivity contribution in [3.63, 3.8) is 0 Å². The van der Waals surface area contributed by atoms with E-state index in [4.69, 9.17) is 5.73 Å². The Kier molecular flexibility index (Phi) is 4.15. The van der Waals surface area contributed by atoms with Crippen LogP contribution in [0.5, 0.6) is 0 Å². The van der Waals surface area contributed by atoms with E-state index in [9.17, 15) is 9.59 Å². The molecule has 1 fully saturated rings. The highest BCUT2D eigenvalue weighted by Crippen LogP contribution is 2.33. The quantitative estimate of drug-likeness (QED) is 0.875. The molecule has 1 aromatic rings. The lowest BCUT2D eigenvalue weighted by Crippen LogP contribution is -2.46. The van der Waals surface area contributed by atoms with E-state index in [2.05, 4.69) is 21.2 Å². The number of nitrogens with two attached hydrogens (primary N) is 1. The van der Waals surface area contributed by atoms with Crippen LogP contribution in [0.3, 0.4) is 0 Å². The van der Waals surface area contributed by atoms with Gasteiger partial charge in [-0.3, -0.25) is 9.59 Å². The molecule has 0 heterocycles. The van der Waals surface area contributed by atoms with Gasteiger partial charge in [0.1, 0.15) is 0 Å². The summed E-state index contributed by atoms with van der Waals surface area (Å²) in [5.41, 5.74) is 6.80. The van der Waals surface area contributed by atoms with Gasteiger partial charge in [0, 0.05) is 17.2 Å². The number of rotatable bonds is 4. The van der Waals surface area contributed by atoms with Gasteiger partial charge in [0.05, 0.1) is 12.1 Å². The van der Waals surface area contributed by atoms with E-state index >= 15 is 0 Å². The Balaban J connectivity index is 1.93. The van der Waals surface area contributed by atoms with Crippen LogP contribution in [0.2, 0.25) is 0 Å². The molecule has 1 aliphatic carbocycles. The first kappa shape index (κ1) is 15.0. The van der Waals surface area contributed by atoms with Crippen molar-refractivity contribution >= 4 is 33.4 Å². The van der Waals surface area contributed by atoms with Crippen LogP contribution in [0.15, 0.2) is 22.7 Å². The number of nitrogens with zero attached hydrogens (tertiary/aromatic N) is 1. The van der Waals surface area contributed by atoms with E-state index in [1.165, 1.54) is 4.90 Å². The summed E-state index contributed by atoms with van der Waals surface area (Å²) in [6.07, 6.45) is 1.40. The largest absolute Gasteiger partial charge is 0.335 e. The van der Waals surface area contributed by atoms with Crippen LogP contribution in [-0.4, -0.2) is 35.8 Å². The number of anilines is 1. The number of hydrogen-bond acceptors (Lipinski definition) is 3. The molecule has 5 nitrogen and oxygen atoms in total. The smallest absolute Gasteiger partial charge is 0.243 e. The monoisotopic (exact) mass is 339 g/mol. The van der Waals surface area contributed by atoms with Crippen LogP contribution in [0.4, 0.5) is 5.69 Å². The van der Waals surface area contributed by atoms with Crippen LogP contribution in [0, 0.1) is 6.92 Å². The summed E-state index contributed by atoms with van der Waals surface area (Å²) >= 11 is 3.37. The minimum Gasteiger partial charge on any atom is -0.335 e. The van der Waals surface area contributed by atoms with E-state index in [-0.39, 0.29) is 18.4 Å². The summed E-state index contributed by atoms with van der Waals surface area (Å²) in [5, 5.41) is 2.80. The Morgan fingerprint density at radius 1 is 1.45 bits per heavy atom. The first-order valence-electron chi connectivity index (χ1n) is 6.42. The highest BCUT2D eigenvalue weighted by molar-refractivity contribution is 9.10. The molecule has 0 saturated heterocycles. The third-order valence-corrected chi connectivity index (χ3v) is 3.90. The molecule has 2 rings (SSSR count). The van der Waals surface area contributed by atoms with Gasteiger partial charge in [-0.05, 0) is 43.5 Å². The number of carbonyl (C=O) groups excluding carboxylic acids is 2. The van der Waals surface area contributed by atoms with E-state index in [1.807, 2.05) is 25.1 Å². The molecular weight excluding hydrogens is 322 g/mol. The predicted octanol–water partition coefficient (Wildman–Crippen LogP) is 1.65. The fourth-order valence-corrected chi connectivity index (χ4v) is 2.45. The van der Waals surface area contributed by atoms with Crippen molar-refractivity contribution in [3.05, 3.63) is 28.2 Å². The molecule has 0 aromatic heterocycles. The topological polar surface area (TPSA) is 75.4 Å². The average Bonchev–Trinajstić information content (AvgIpc) is 3.11. The molecule has 2 amide bonds. The first-order valence-corrected chi connectivity index (χ1v) is 7.21. The van der Waals surface area contributed by atoms with Crippen molar-refractivity contribution < 1.29 is 9.59 Å². The molecule has 20 heavy (non-hydrogen) atoms. The lowest BCUT2D eigenvalue weighted by molar-refractivity contribution is -0.135. The fourth-order valence-electron chi connectivity index (χ4n) is 1.97. The van der Waals surface area contributed by atoms with Crippen molar-refractivity contribution in [3.8, 4) is 0 Å². The maximum Gasteiger partial charge on any atom is 0.243 e. The molecule has 1 saturated carbocycles. The first-order chi connectivity index (χ1) is 9.32. The molecule has 0 bridgehead atoms. The van der Waals surface area contributed by atoms with Crippen LogP contribution in [0.1, 0.15) is 18.4 Å². The number of nitrogens with one attached hydrogen (secondary N) is 1. The van der Waals surface area contributed by atoms with Crippen molar-refractivity contribution in [2.45, 2.75) is 25.3 Å². The lowest BCUT2D eigenvalue weighted by Gasteiger charge is -2.20. The third kappa shape index (κ3) is 3.37. The molecule has 108 valence electrons. The molecule has 0 radical (unpaired) electrons. The van der Waals surface area contributed by atoms with Gasteiger partial charge in [-0.2, -0.15) is 0 Å². The molecule has 0 aliphatic heterocycles. The zero-order valence-electron chi connectivity index (χ0n) is 11.6. The number of hydrogen-bond donors (Lipinski definition) is 2. The van der Waals surface area contributed by atoms with Gasteiger partial charge in [0.25, 0.3) is 0 Å². The van der Waals surface area contributed by atoms with Crippen molar-refractivity contribution in [1.82, 2.24) is 4.90 Å². The highest BCUT2D eigenvalue weighted by Gasteiger charge is 2.47. The van der Waals surface area contributed by atoms with Gasteiger partial charge in [0.15, 0.2) is 0 Å². The summed E-state index contributed by atoms with van der Waals surface area (Å²) in [6.45, 7) is 1.92. The Morgan fingerprint density at radius 2 is 2.10 bits per heavy atom. The fraction of sp³-hybridized carbons (Fsp3) is 0.429. The van der Waals surface area contributed by atoms with E-state index < -0.39 is 5.54 Å². The minimum atomic E-state index is -0.734. The molecular formula is C14H18BrN3O2. The van der Waals surface area contributed by atoms with Gasteiger partial charge < -0.3 is 16.0 Å². The minimum absolute atomic E-state index is 0.00723. The van der Waals surface area contributed by atoms with Gasteiger partial charge in [0.2, 0.25) is 11.8 Å². The zero-order chi connectivity index (χ0) is 14.9.